The molecule has 46 heavy (non-hydrogen) atoms. The van der Waals surface area contributed by atoms with E-state index in [9.17, 15) is 0 Å². The molecule has 1 aromatic heterocycles. The van der Waals surface area contributed by atoms with Gasteiger partial charge in [-0.3, -0.25) is 4.98 Å². The van der Waals surface area contributed by atoms with Crippen LogP contribution in [0, 0.1) is 54.4 Å². The van der Waals surface area contributed by atoms with Gasteiger partial charge in [0.25, 0.3) is 0 Å². The first-order chi connectivity index (χ1) is 22.2. The predicted octanol–water partition coefficient (Wildman–Crippen LogP) is 11.4. The average molecular weight is 607 g/mol. The van der Waals surface area contributed by atoms with Gasteiger partial charge in [0.1, 0.15) is 0 Å². The van der Waals surface area contributed by atoms with E-state index >= 15 is 0 Å². The van der Waals surface area contributed by atoms with E-state index < -0.39 is 0 Å². The van der Waals surface area contributed by atoms with Crippen molar-refractivity contribution in [1.29, 1.82) is 0 Å². The maximum absolute atomic E-state index is 4.76. The van der Waals surface area contributed by atoms with Crippen molar-refractivity contribution in [3.8, 4) is 22.4 Å². The first-order valence-electron chi connectivity index (χ1n) is 17.2. The molecule has 0 spiro atoms. The molecule has 1 heterocycles. The molecule has 0 unspecified atom stereocenters. The Kier molecular flexibility index (Phi) is 9.45. The lowest BCUT2D eigenvalue weighted by molar-refractivity contribution is 0.312. The first kappa shape index (κ1) is 31.8. The quantitative estimate of drug-likeness (QED) is 0.175. The van der Waals surface area contributed by atoms with E-state index in [1.165, 1.54) is 98.1 Å². The average Bonchev–Trinajstić information content (AvgIpc) is 3.05. The minimum Gasteiger partial charge on any atom is -0.364 e. The zero-order valence-electron chi connectivity index (χ0n) is 29.0. The Bertz CT molecular complexity index is 1790. The van der Waals surface area contributed by atoms with Gasteiger partial charge in [0, 0.05) is 30.0 Å². The summed E-state index contributed by atoms with van der Waals surface area (Å²) in [5, 5.41) is 0. The second-order valence-corrected chi connectivity index (χ2v) is 14.0. The summed E-state index contributed by atoms with van der Waals surface area (Å²) in [7, 11) is 0. The van der Waals surface area contributed by atoms with Crippen LogP contribution in [-0.4, -0.2) is 11.0 Å². The molecule has 4 aromatic carbocycles. The molecule has 1 saturated carbocycles. The molecular formula is C44H50N2. The number of nitrogens with zero attached hydrogens (tertiary/aromatic N) is 2. The van der Waals surface area contributed by atoms with Crippen molar-refractivity contribution in [3.05, 3.63) is 141 Å². The molecular weight excluding hydrogens is 556 g/mol. The van der Waals surface area contributed by atoms with Gasteiger partial charge in [0.15, 0.2) is 0 Å². The highest BCUT2D eigenvalue weighted by Gasteiger charge is 2.27. The fraction of sp³-hybridized carbons (Fsp3) is 0.341. The van der Waals surface area contributed by atoms with Gasteiger partial charge >= 0.3 is 0 Å². The Morgan fingerprint density at radius 1 is 0.565 bits per heavy atom. The van der Waals surface area contributed by atoms with Crippen LogP contribution in [0.2, 0.25) is 0 Å². The molecule has 1 aliphatic carbocycles. The Labute approximate surface area is 277 Å². The van der Waals surface area contributed by atoms with Crippen LogP contribution in [0.5, 0.6) is 0 Å². The summed E-state index contributed by atoms with van der Waals surface area (Å²) in [5.74, 6) is 0.711. The van der Waals surface area contributed by atoms with Crippen LogP contribution in [0.25, 0.3) is 22.4 Å². The molecule has 1 fully saturated rings. The SMILES string of the molecule is Cc1ccccc1N(Cc1cccc(-c2cc(C)c(C)c(C)c2)c1)C1CCC(Cc2ccnc(-c3cc(C)c(C)c(C)c3)c2)CC1. The molecule has 2 nitrogen and oxygen atoms in total. The Morgan fingerprint density at radius 3 is 1.85 bits per heavy atom. The number of hydrogen-bond donors (Lipinski definition) is 0. The van der Waals surface area contributed by atoms with E-state index in [0.29, 0.717) is 12.0 Å². The van der Waals surface area contributed by atoms with Gasteiger partial charge in [-0.2, -0.15) is 0 Å². The van der Waals surface area contributed by atoms with Crippen molar-refractivity contribution in [3.63, 3.8) is 0 Å². The second kappa shape index (κ2) is 13.7. The van der Waals surface area contributed by atoms with Crippen LogP contribution < -0.4 is 4.90 Å². The summed E-state index contributed by atoms with van der Waals surface area (Å²) < 4.78 is 0. The van der Waals surface area contributed by atoms with E-state index in [1.54, 1.807) is 0 Å². The monoisotopic (exact) mass is 606 g/mol. The lowest BCUT2D eigenvalue weighted by atomic mass is 9.81. The van der Waals surface area contributed by atoms with E-state index in [2.05, 4.69) is 138 Å². The van der Waals surface area contributed by atoms with Gasteiger partial charge in [-0.15, -0.1) is 0 Å². The minimum atomic E-state index is 0.538. The van der Waals surface area contributed by atoms with Gasteiger partial charge in [0.05, 0.1) is 5.69 Å². The van der Waals surface area contributed by atoms with Gasteiger partial charge in [-0.1, -0.05) is 48.5 Å². The van der Waals surface area contributed by atoms with Crippen molar-refractivity contribution >= 4 is 5.69 Å². The van der Waals surface area contributed by atoms with E-state index in [1.807, 2.05) is 6.20 Å². The minimum absolute atomic E-state index is 0.538. The number of anilines is 1. The van der Waals surface area contributed by atoms with Gasteiger partial charge in [0.2, 0.25) is 0 Å². The van der Waals surface area contributed by atoms with Gasteiger partial charge < -0.3 is 4.90 Å². The maximum Gasteiger partial charge on any atom is 0.0704 e. The zero-order valence-corrected chi connectivity index (χ0v) is 29.0. The Hall–Kier alpha value is -4.17. The lowest BCUT2D eigenvalue weighted by Crippen LogP contribution is -2.38. The van der Waals surface area contributed by atoms with E-state index in [4.69, 9.17) is 4.98 Å². The summed E-state index contributed by atoms with van der Waals surface area (Å²) in [4.78, 5) is 7.47. The number of rotatable bonds is 8. The Balaban J connectivity index is 1.18. The molecule has 5 aromatic rings. The maximum atomic E-state index is 4.76. The summed E-state index contributed by atoms with van der Waals surface area (Å²) in [6.07, 6.45) is 8.11. The third kappa shape index (κ3) is 6.97. The molecule has 1 aliphatic rings. The van der Waals surface area contributed by atoms with Crippen LogP contribution >= 0.6 is 0 Å². The number of para-hydroxylation sites is 1. The summed E-state index contributed by atoms with van der Waals surface area (Å²) >= 11 is 0. The van der Waals surface area contributed by atoms with Crippen LogP contribution in [-0.2, 0) is 13.0 Å². The topological polar surface area (TPSA) is 16.1 Å². The van der Waals surface area contributed by atoms with Gasteiger partial charge in [-0.25, -0.2) is 0 Å². The highest BCUT2D eigenvalue weighted by atomic mass is 15.2. The van der Waals surface area contributed by atoms with E-state index in [0.717, 1.165) is 18.7 Å². The van der Waals surface area contributed by atoms with Crippen molar-refractivity contribution in [2.75, 3.05) is 4.90 Å². The van der Waals surface area contributed by atoms with Crippen molar-refractivity contribution < 1.29 is 0 Å². The van der Waals surface area contributed by atoms with Crippen molar-refractivity contribution in [1.82, 2.24) is 4.98 Å². The first-order valence-corrected chi connectivity index (χ1v) is 17.2. The van der Waals surface area contributed by atoms with Gasteiger partial charge in [-0.05, 0) is 184 Å². The number of pyridine rings is 1. The summed E-state index contributed by atoms with van der Waals surface area (Å²) in [6, 6.07) is 32.6. The molecule has 0 radical (unpaired) electrons. The van der Waals surface area contributed by atoms with E-state index in [-0.39, 0.29) is 0 Å². The molecule has 0 bridgehead atoms. The lowest BCUT2D eigenvalue weighted by Gasteiger charge is -2.39. The third-order valence-electron chi connectivity index (χ3n) is 10.8. The molecule has 0 saturated heterocycles. The molecule has 2 heteroatoms. The number of hydrogen-bond acceptors (Lipinski definition) is 2. The molecule has 0 atom stereocenters. The summed E-state index contributed by atoms with van der Waals surface area (Å²) in [5.41, 5.74) is 18.7. The fourth-order valence-electron chi connectivity index (χ4n) is 7.48. The van der Waals surface area contributed by atoms with Crippen LogP contribution in [0.1, 0.15) is 75.8 Å². The Morgan fingerprint density at radius 2 is 1.20 bits per heavy atom. The highest BCUT2D eigenvalue weighted by Crippen LogP contribution is 2.36. The standard InChI is InChI=1S/C44H50N2/c1-29-11-8-9-14-44(29)46(28-38-12-10-13-39(26-38)40-21-30(2)34(6)31(3)22-40)42-17-15-36(16-18-42)25-37-19-20-45-43(27-37)41-23-32(4)35(7)33(5)24-41/h8-14,19-24,26-27,36,42H,15-18,25,28H2,1-7H3. The molecule has 6 rings (SSSR count). The molecule has 0 aliphatic heterocycles. The molecule has 0 amide bonds. The second-order valence-electron chi connectivity index (χ2n) is 14.0. The summed E-state index contributed by atoms with van der Waals surface area (Å²) in [6.45, 7) is 16.5. The van der Waals surface area contributed by atoms with Crippen molar-refractivity contribution in [2.45, 2.75) is 93.2 Å². The predicted molar refractivity (Wildman–Crippen MR) is 197 cm³/mol. The van der Waals surface area contributed by atoms with Crippen LogP contribution in [0.3, 0.4) is 0 Å². The van der Waals surface area contributed by atoms with Crippen LogP contribution in [0.15, 0.2) is 91.1 Å². The van der Waals surface area contributed by atoms with Crippen molar-refractivity contribution in [2.24, 2.45) is 5.92 Å². The van der Waals surface area contributed by atoms with Crippen LogP contribution in [0.4, 0.5) is 5.69 Å². The third-order valence-corrected chi connectivity index (χ3v) is 10.8. The number of aryl methyl sites for hydroxylation is 5. The zero-order chi connectivity index (χ0) is 32.4. The fourth-order valence-corrected chi connectivity index (χ4v) is 7.48. The number of aromatic nitrogens is 1. The largest absolute Gasteiger partial charge is 0.364 e. The molecule has 236 valence electrons. The normalized spacial score (nSPS) is 16.4. The highest BCUT2D eigenvalue weighted by molar-refractivity contribution is 5.67. The molecule has 0 N–H and O–H groups in total. The smallest absolute Gasteiger partial charge is 0.0704 e. The number of benzene rings is 4.